The van der Waals surface area contributed by atoms with E-state index in [1.165, 1.54) is 11.3 Å². The van der Waals surface area contributed by atoms with Gasteiger partial charge in [0.2, 0.25) is 11.8 Å². The van der Waals surface area contributed by atoms with E-state index in [-0.39, 0.29) is 11.8 Å². The summed E-state index contributed by atoms with van der Waals surface area (Å²) in [5.41, 5.74) is 0.946. The smallest absolute Gasteiger partial charge is 0.249 e. The highest BCUT2D eigenvalue weighted by molar-refractivity contribution is 7.09. The molecule has 2 rings (SSSR count). The molecule has 0 radical (unpaired) electrons. The standard InChI is InChI=1S/C12H17N3O2S/c1-4-12(3)11(17)15(8(2)10(16)14-12)6-9-5-13-7-18-9/h5,7-8H,4,6H2,1-3H3,(H,14,16). The molecule has 1 aromatic rings. The summed E-state index contributed by atoms with van der Waals surface area (Å²) in [5.74, 6) is -0.117. The van der Waals surface area contributed by atoms with Crippen LogP contribution in [0, 0.1) is 0 Å². The Bertz CT molecular complexity index is 460. The molecule has 18 heavy (non-hydrogen) atoms. The summed E-state index contributed by atoms with van der Waals surface area (Å²) in [6, 6.07) is -0.431. The molecule has 5 nitrogen and oxygen atoms in total. The maximum atomic E-state index is 12.5. The van der Waals surface area contributed by atoms with Gasteiger partial charge >= 0.3 is 0 Å². The summed E-state index contributed by atoms with van der Waals surface area (Å²) in [7, 11) is 0. The highest BCUT2D eigenvalue weighted by Crippen LogP contribution is 2.23. The third-order valence-corrected chi connectivity index (χ3v) is 4.26. The normalized spacial score (nSPS) is 28.4. The van der Waals surface area contributed by atoms with Crippen molar-refractivity contribution in [1.82, 2.24) is 15.2 Å². The molecule has 0 spiro atoms. The Hall–Kier alpha value is -1.43. The molecule has 0 aliphatic carbocycles. The van der Waals surface area contributed by atoms with Crippen LogP contribution in [0.25, 0.3) is 0 Å². The molecule has 1 N–H and O–H groups in total. The molecule has 2 amide bonds. The molecule has 1 aliphatic heterocycles. The van der Waals surface area contributed by atoms with Gasteiger partial charge in [-0.05, 0) is 20.3 Å². The highest BCUT2D eigenvalue weighted by Gasteiger charge is 2.45. The molecular weight excluding hydrogens is 250 g/mol. The summed E-state index contributed by atoms with van der Waals surface area (Å²) in [6.07, 6.45) is 2.32. The summed E-state index contributed by atoms with van der Waals surface area (Å²) in [6.45, 7) is 5.88. The van der Waals surface area contributed by atoms with Crippen molar-refractivity contribution in [1.29, 1.82) is 0 Å². The first-order chi connectivity index (χ1) is 8.48. The third kappa shape index (κ3) is 2.12. The molecular formula is C12H17N3O2S. The van der Waals surface area contributed by atoms with Crippen molar-refractivity contribution >= 4 is 23.2 Å². The Morgan fingerprint density at radius 3 is 2.83 bits per heavy atom. The zero-order valence-electron chi connectivity index (χ0n) is 10.8. The van der Waals surface area contributed by atoms with Gasteiger partial charge in [-0.1, -0.05) is 6.92 Å². The van der Waals surface area contributed by atoms with Gasteiger partial charge in [-0.2, -0.15) is 0 Å². The summed E-state index contributed by atoms with van der Waals surface area (Å²) < 4.78 is 0. The number of carbonyl (C=O) groups excluding carboxylic acids is 2. The van der Waals surface area contributed by atoms with E-state index in [0.29, 0.717) is 13.0 Å². The molecule has 1 fully saturated rings. The van der Waals surface area contributed by atoms with E-state index in [1.807, 2.05) is 6.92 Å². The number of rotatable bonds is 3. The van der Waals surface area contributed by atoms with Crippen molar-refractivity contribution in [3.63, 3.8) is 0 Å². The molecule has 0 bridgehead atoms. The molecule has 98 valence electrons. The van der Waals surface area contributed by atoms with Gasteiger partial charge in [-0.25, -0.2) is 0 Å². The molecule has 6 heteroatoms. The fourth-order valence-electron chi connectivity index (χ4n) is 2.00. The zero-order valence-corrected chi connectivity index (χ0v) is 11.6. The molecule has 1 aliphatic rings. The number of piperazine rings is 1. The third-order valence-electron chi connectivity index (χ3n) is 3.50. The second kappa shape index (κ2) is 4.68. The number of nitrogens with zero attached hydrogens (tertiary/aromatic N) is 2. The molecule has 0 saturated carbocycles. The van der Waals surface area contributed by atoms with Gasteiger partial charge in [-0.3, -0.25) is 14.6 Å². The highest BCUT2D eigenvalue weighted by atomic mass is 32.1. The molecule has 2 atom stereocenters. The lowest BCUT2D eigenvalue weighted by molar-refractivity contribution is -0.154. The second-order valence-electron chi connectivity index (χ2n) is 4.75. The van der Waals surface area contributed by atoms with Crippen LogP contribution in [0.3, 0.4) is 0 Å². The Balaban J connectivity index is 2.25. The maximum absolute atomic E-state index is 12.5. The monoisotopic (exact) mass is 267 g/mol. The number of carbonyl (C=O) groups is 2. The van der Waals surface area contributed by atoms with Crippen LogP contribution in [0.2, 0.25) is 0 Å². The topological polar surface area (TPSA) is 62.3 Å². The predicted molar refractivity (Wildman–Crippen MR) is 69.0 cm³/mol. The van der Waals surface area contributed by atoms with Crippen LogP contribution in [0.15, 0.2) is 11.7 Å². The Kier molecular flexibility index (Phi) is 3.38. The van der Waals surface area contributed by atoms with Crippen molar-refractivity contribution in [2.24, 2.45) is 0 Å². The van der Waals surface area contributed by atoms with Crippen LogP contribution >= 0.6 is 11.3 Å². The number of aromatic nitrogens is 1. The van der Waals surface area contributed by atoms with Crippen molar-refractivity contribution in [3.8, 4) is 0 Å². The molecule has 2 unspecified atom stereocenters. The summed E-state index contributed by atoms with van der Waals surface area (Å²) >= 11 is 1.49. The van der Waals surface area contributed by atoms with Gasteiger partial charge in [0.25, 0.3) is 0 Å². The van der Waals surface area contributed by atoms with E-state index < -0.39 is 11.6 Å². The number of thiazole rings is 1. The second-order valence-corrected chi connectivity index (χ2v) is 5.72. The van der Waals surface area contributed by atoms with Crippen LogP contribution in [-0.2, 0) is 16.1 Å². The van der Waals surface area contributed by atoms with E-state index in [4.69, 9.17) is 0 Å². The fourth-order valence-corrected chi connectivity index (χ4v) is 2.59. The average molecular weight is 267 g/mol. The SMILES string of the molecule is CCC1(C)NC(=O)C(C)N(Cc2cncs2)C1=O. The molecule has 1 saturated heterocycles. The average Bonchev–Trinajstić information content (AvgIpc) is 2.85. The van der Waals surface area contributed by atoms with E-state index in [9.17, 15) is 9.59 Å². The zero-order chi connectivity index (χ0) is 13.3. The minimum atomic E-state index is -0.783. The first-order valence-corrected chi connectivity index (χ1v) is 6.86. The minimum absolute atomic E-state index is 0.0227. The first-order valence-electron chi connectivity index (χ1n) is 5.98. The fraction of sp³-hybridized carbons (Fsp3) is 0.583. The molecule has 1 aromatic heterocycles. The Morgan fingerprint density at radius 2 is 2.28 bits per heavy atom. The van der Waals surface area contributed by atoms with E-state index in [0.717, 1.165) is 4.88 Å². The van der Waals surface area contributed by atoms with Gasteiger partial charge in [0.15, 0.2) is 0 Å². The van der Waals surface area contributed by atoms with E-state index >= 15 is 0 Å². The van der Waals surface area contributed by atoms with Crippen molar-refractivity contribution in [2.45, 2.75) is 45.3 Å². The first kappa shape index (κ1) is 13.0. The van der Waals surface area contributed by atoms with Crippen LogP contribution < -0.4 is 5.32 Å². The van der Waals surface area contributed by atoms with Crippen molar-refractivity contribution in [2.75, 3.05) is 0 Å². The molecule has 0 aromatic carbocycles. The van der Waals surface area contributed by atoms with Gasteiger partial charge < -0.3 is 10.2 Å². The van der Waals surface area contributed by atoms with Crippen LogP contribution in [0.1, 0.15) is 32.1 Å². The Labute approximate surface area is 110 Å². The van der Waals surface area contributed by atoms with Gasteiger partial charge in [-0.15, -0.1) is 11.3 Å². The van der Waals surface area contributed by atoms with Gasteiger partial charge in [0, 0.05) is 11.1 Å². The number of hydrogen-bond acceptors (Lipinski definition) is 4. The summed E-state index contributed by atoms with van der Waals surface area (Å²) in [4.78, 5) is 31.0. The van der Waals surface area contributed by atoms with E-state index in [2.05, 4.69) is 10.3 Å². The van der Waals surface area contributed by atoms with Crippen LogP contribution in [-0.4, -0.2) is 33.3 Å². The lowest BCUT2D eigenvalue weighted by Crippen LogP contribution is -2.67. The Morgan fingerprint density at radius 1 is 1.56 bits per heavy atom. The van der Waals surface area contributed by atoms with E-state index in [1.54, 1.807) is 30.5 Å². The van der Waals surface area contributed by atoms with Crippen molar-refractivity contribution in [3.05, 3.63) is 16.6 Å². The van der Waals surface area contributed by atoms with Crippen LogP contribution in [0.5, 0.6) is 0 Å². The lowest BCUT2D eigenvalue weighted by atomic mass is 9.92. The van der Waals surface area contributed by atoms with Gasteiger partial charge in [0.05, 0.1) is 12.1 Å². The van der Waals surface area contributed by atoms with Crippen LogP contribution in [0.4, 0.5) is 0 Å². The predicted octanol–water partition coefficient (Wildman–Crippen LogP) is 1.16. The lowest BCUT2D eigenvalue weighted by Gasteiger charge is -2.42. The largest absolute Gasteiger partial charge is 0.340 e. The molecule has 2 heterocycles. The van der Waals surface area contributed by atoms with Gasteiger partial charge in [0.1, 0.15) is 11.6 Å². The number of amides is 2. The quantitative estimate of drug-likeness (QED) is 0.894. The minimum Gasteiger partial charge on any atom is -0.340 e. The summed E-state index contributed by atoms with van der Waals surface area (Å²) in [5, 5.41) is 2.81. The maximum Gasteiger partial charge on any atom is 0.249 e. The number of nitrogens with one attached hydrogen (secondary N) is 1. The van der Waals surface area contributed by atoms with Crippen molar-refractivity contribution < 1.29 is 9.59 Å². The number of hydrogen-bond donors (Lipinski definition) is 1.